The predicted octanol–water partition coefficient (Wildman–Crippen LogP) is 5.16. The summed E-state index contributed by atoms with van der Waals surface area (Å²) in [5, 5.41) is 0. The number of benzene rings is 1. The summed E-state index contributed by atoms with van der Waals surface area (Å²) in [7, 11) is -4.18. The second-order valence-corrected chi connectivity index (χ2v) is 14.8. The zero-order valence-corrected chi connectivity index (χ0v) is 27.0. The molecule has 1 saturated heterocycles. The fourth-order valence-electron chi connectivity index (χ4n) is 8.65. The Balaban J connectivity index is 1.32. The van der Waals surface area contributed by atoms with Gasteiger partial charge in [-0.1, -0.05) is 43.7 Å². The molecule has 1 aromatic carbocycles. The van der Waals surface area contributed by atoms with E-state index >= 15 is 0 Å². The summed E-state index contributed by atoms with van der Waals surface area (Å²) in [6, 6.07) is 11.3. The molecular weight excluding hydrogens is 598 g/mol. The lowest BCUT2D eigenvalue weighted by Gasteiger charge is -2.50. The first-order valence-corrected chi connectivity index (χ1v) is 17.0. The first kappa shape index (κ1) is 31.8. The highest BCUT2D eigenvalue weighted by atomic mass is 32.2. The minimum Gasteiger partial charge on any atom is -0.460 e. The molecule has 2 aromatic rings. The van der Waals surface area contributed by atoms with E-state index in [1.54, 1.807) is 36.5 Å². The van der Waals surface area contributed by atoms with Crippen molar-refractivity contribution in [3.8, 4) is 0 Å². The van der Waals surface area contributed by atoms with Crippen molar-refractivity contribution in [1.82, 2.24) is 4.98 Å². The van der Waals surface area contributed by atoms with Crippen LogP contribution in [0.25, 0.3) is 0 Å². The third-order valence-electron chi connectivity index (χ3n) is 10.7. The third-order valence-corrected chi connectivity index (χ3v) is 12.0. The van der Waals surface area contributed by atoms with Gasteiger partial charge in [-0.2, -0.15) is 8.42 Å². The molecule has 1 spiro atoms. The maximum absolute atomic E-state index is 13.4. The molecule has 0 radical (unpaired) electrons. The van der Waals surface area contributed by atoms with E-state index in [9.17, 15) is 18.0 Å². The molecule has 1 aliphatic heterocycles. The Morgan fingerprint density at radius 1 is 1.04 bits per heavy atom. The molecule has 2 heterocycles. The molecule has 11 heteroatoms. The normalized spacial score (nSPS) is 33.0. The predicted molar refractivity (Wildman–Crippen MR) is 162 cm³/mol. The number of pyridine rings is 1. The van der Waals surface area contributed by atoms with Crippen molar-refractivity contribution < 1.29 is 41.1 Å². The number of carbonyl (C=O) groups is 2. The van der Waals surface area contributed by atoms with Crippen molar-refractivity contribution in [2.75, 3.05) is 19.8 Å². The van der Waals surface area contributed by atoms with Gasteiger partial charge in [-0.05, 0) is 74.3 Å². The standard InChI is InChI=1S/C34H41NO9S/c1-5-24-18-28(44-29(36)21-42-45(38,39)25-11-9-22(2)10-12-25)32(4)23(3)19-33(13-14-34(31(32)33)40-16-17-41-34)20-27(24)43-30(37)26-8-6-7-15-35-26/h5-12,15,23,27-28,31H,13-14,16-21H2,1-4H3/b24-5-/t23-,27+,28+,31+,32+,33-/m1/s1. The van der Waals surface area contributed by atoms with Crippen LogP contribution in [0.3, 0.4) is 0 Å². The second kappa shape index (κ2) is 11.9. The van der Waals surface area contributed by atoms with Gasteiger partial charge in [0.2, 0.25) is 0 Å². The lowest BCUT2D eigenvalue weighted by molar-refractivity contribution is -0.235. The smallest absolute Gasteiger partial charge is 0.357 e. The second-order valence-electron chi connectivity index (χ2n) is 13.2. The summed E-state index contributed by atoms with van der Waals surface area (Å²) in [5.74, 6) is -2.21. The number of rotatable bonds is 7. The van der Waals surface area contributed by atoms with Gasteiger partial charge in [0.05, 0.1) is 18.1 Å². The number of esters is 2. The highest BCUT2D eigenvalue weighted by Gasteiger charge is 2.74. The minimum absolute atomic E-state index is 0.0368. The van der Waals surface area contributed by atoms with Gasteiger partial charge >= 0.3 is 11.9 Å². The van der Waals surface area contributed by atoms with Crippen molar-refractivity contribution in [3.63, 3.8) is 0 Å². The third kappa shape index (κ3) is 5.62. The average molecular weight is 640 g/mol. The maximum atomic E-state index is 13.4. The molecule has 2 bridgehead atoms. The average Bonchev–Trinajstić information content (AvgIpc) is 3.68. The Bertz CT molecular complexity index is 1570. The van der Waals surface area contributed by atoms with Gasteiger partial charge in [0.25, 0.3) is 10.1 Å². The van der Waals surface area contributed by atoms with Crippen LogP contribution < -0.4 is 0 Å². The summed E-state index contributed by atoms with van der Waals surface area (Å²) in [4.78, 5) is 30.9. The first-order chi connectivity index (χ1) is 21.4. The van der Waals surface area contributed by atoms with Crippen LogP contribution in [0.5, 0.6) is 0 Å². The first-order valence-electron chi connectivity index (χ1n) is 15.6. The van der Waals surface area contributed by atoms with Crippen LogP contribution in [0.1, 0.15) is 68.9 Å². The SMILES string of the molecule is C/C=C1/C[C@H](OC(=O)COS(=O)(=O)c2ccc(C)cc2)[C@]2(C)[C@H](C)C[C@]3(CCC4(OCCO4)[C@H]32)C[C@@H]1OC(=O)c1ccccn1. The van der Waals surface area contributed by atoms with E-state index in [0.717, 1.165) is 24.0 Å². The van der Waals surface area contributed by atoms with Crippen LogP contribution in [0.4, 0.5) is 0 Å². The maximum Gasteiger partial charge on any atom is 0.357 e. The van der Waals surface area contributed by atoms with Gasteiger partial charge in [0.15, 0.2) is 12.4 Å². The molecule has 6 rings (SSSR count). The zero-order chi connectivity index (χ0) is 32.0. The summed E-state index contributed by atoms with van der Waals surface area (Å²) in [6.07, 6.45) is 5.38. The molecule has 45 heavy (non-hydrogen) atoms. The highest BCUT2D eigenvalue weighted by molar-refractivity contribution is 7.86. The molecule has 4 aliphatic rings. The largest absolute Gasteiger partial charge is 0.460 e. The van der Waals surface area contributed by atoms with Gasteiger partial charge in [0, 0.05) is 30.4 Å². The molecule has 0 N–H and O–H groups in total. The van der Waals surface area contributed by atoms with Crippen molar-refractivity contribution >= 4 is 22.1 Å². The molecule has 0 unspecified atom stereocenters. The van der Waals surface area contributed by atoms with Crippen LogP contribution in [0.2, 0.25) is 0 Å². The highest BCUT2D eigenvalue weighted by Crippen LogP contribution is 2.73. The van der Waals surface area contributed by atoms with Crippen molar-refractivity contribution in [2.45, 2.75) is 82.7 Å². The van der Waals surface area contributed by atoms with Crippen molar-refractivity contribution in [3.05, 3.63) is 71.6 Å². The Morgan fingerprint density at radius 3 is 2.44 bits per heavy atom. The van der Waals surface area contributed by atoms with Crippen LogP contribution in [-0.2, 0) is 38.0 Å². The van der Waals surface area contributed by atoms with E-state index in [-0.39, 0.29) is 34.3 Å². The molecular formula is C34H41NO9S. The lowest BCUT2D eigenvalue weighted by Crippen LogP contribution is -2.55. The molecule has 0 amide bonds. The Kier molecular flexibility index (Phi) is 8.43. The van der Waals surface area contributed by atoms with E-state index < -0.39 is 52.1 Å². The number of aryl methyl sites for hydroxylation is 1. The molecule has 10 nitrogen and oxygen atoms in total. The van der Waals surface area contributed by atoms with E-state index in [1.807, 2.05) is 19.9 Å². The molecule has 3 saturated carbocycles. The van der Waals surface area contributed by atoms with E-state index in [4.69, 9.17) is 23.1 Å². The van der Waals surface area contributed by atoms with Gasteiger partial charge in [-0.3, -0.25) is 4.18 Å². The summed E-state index contributed by atoms with van der Waals surface area (Å²) >= 11 is 0. The van der Waals surface area contributed by atoms with E-state index in [2.05, 4.69) is 18.8 Å². The van der Waals surface area contributed by atoms with Crippen molar-refractivity contribution in [1.29, 1.82) is 0 Å². The monoisotopic (exact) mass is 639 g/mol. The summed E-state index contributed by atoms with van der Waals surface area (Å²) in [6.45, 7) is 8.22. The number of carbonyl (C=O) groups excluding carboxylic acids is 2. The number of aromatic nitrogens is 1. The number of hydrogen-bond acceptors (Lipinski definition) is 10. The Hall–Kier alpha value is -3.12. The topological polar surface area (TPSA) is 127 Å². The van der Waals surface area contributed by atoms with Crippen molar-refractivity contribution in [2.24, 2.45) is 22.7 Å². The number of allylic oxidation sites excluding steroid dienone is 1. The summed E-state index contributed by atoms with van der Waals surface area (Å²) in [5.41, 5.74) is 1.05. The zero-order valence-electron chi connectivity index (χ0n) is 26.2. The molecule has 4 fully saturated rings. The van der Waals surface area contributed by atoms with E-state index in [0.29, 0.717) is 26.1 Å². The van der Waals surface area contributed by atoms with Crippen LogP contribution in [0, 0.1) is 29.6 Å². The number of ether oxygens (including phenoxy) is 4. The molecule has 6 atom stereocenters. The van der Waals surface area contributed by atoms with Crippen LogP contribution in [0.15, 0.2) is 65.2 Å². The van der Waals surface area contributed by atoms with Gasteiger partial charge in [0.1, 0.15) is 17.9 Å². The molecule has 3 aliphatic carbocycles. The molecule has 242 valence electrons. The number of nitrogens with zero attached hydrogens (tertiary/aromatic N) is 1. The Labute approximate surface area is 264 Å². The number of hydrogen-bond donors (Lipinski definition) is 0. The molecule has 1 aromatic heterocycles. The van der Waals surface area contributed by atoms with Gasteiger partial charge in [-0.25, -0.2) is 14.6 Å². The van der Waals surface area contributed by atoms with Gasteiger partial charge in [-0.15, -0.1) is 0 Å². The van der Waals surface area contributed by atoms with E-state index in [1.165, 1.54) is 12.1 Å². The fourth-order valence-corrected chi connectivity index (χ4v) is 9.51. The fraction of sp³-hybridized carbons (Fsp3) is 0.559. The lowest BCUT2D eigenvalue weighted by atomic mass is 9.60. The van der Waals surface area contributed by atoms with Gasteiger partial charge < -0.3 is 18.9 Å². The van der Waals surface area contributed by atoms with Crippen LogP contribution in [-0.4, -0.2) is 63.2 Å². The minimum atomic E-state index is -4.18. The Morgan fingerprint density at radius 2 is 1.78 bits per heavy atom. The summed E-state index contributed by atoms with van der Waals surface area (Å²) < 4.78 is 56.1. The van der Waals surface area contributed by atoms with Crippen LogP contribution >= 0.6 is 0 Å². The quantitative estimate of drug-likeness (QED) is 0.228.